The molecule has 0 unspecified atom stereocenters. The molecule has 3 heterocycles. The molecule has 0 saturated heterocycles. The number of nitrogens with one attached hydrogen (secondary N) is 1. The normalized spacial score (nSPS) is 13.1. The first-order valence-corrected chi connectivity index (χ1v) is 7.52. The summed E-state index contributed by atoms with van der Waals surface area (Å²) < 4.78 is 32.6. The van der Waals surface area contributed by atoms with E-state index in [4.69, 9.17) is 10.3 Å². The third kappa shape index (κ3) is 2.51. The van der Waals surface area contributed by atoms with Gasteiger partial charge in [-0.25, -0.2) is 13.8 Å². The molecule has 0 radical (unpaired) electrons. The van der Waals surface area contributed by atoms with Gasteiger partial charge < -0.3 is 15.2 Å². The first-order chi connectivity index (χ1) is 12.4. The number of carbonyl (C=O) groups is 1. The number of anilines is 1. The molecule has 0 atom stereocenters. The van der Waals surface area contributed by atoms with Gasteiger partial charge in [-0.05, 0) is 12.1 Å². The number of nitrogens with two attached hydrogens (primary N) is 1. The number of hydrogen-bond acceptors (Lipinski definition) is 6. The van der Waals surface area contributed by atoms with Crippen molar-refractivity contribution in [2.24, 2.45) is 0 Å². The summed E-state index contributed by atoms with van der Waals surface area (Å²) in [5.41, 5.74) is 5.26. The molecular formula is C16H11F2N5O3. The maximum Gasteiger partial charge on any atom is 0.293 e. The van der Waals surface area contributed by atoms with Crippen LogP contribution in [-0.4, -0.2) is 25.9 Å². The Morgan fingerprint density at radius 3 is 2.73 bits per heavy atom. The van der Waals surface area contributed by atoms with Gasteiger partial charge in [0.1, 0.15) is 17.3 Å². The average molecular weight is 359 g/mol. The van der Waals surface area contributed by atoms with Crippen molar-refractivity contribution in [1.29, 1.82) is 0 Å². The molecular weight excluding hydrogens is 348 g/mol. The Hall–Kier alpha value is -3.56. The number of aromatic amines is 1. The largest absolute Gasteiger partial charge is 0.369 e. The van der Waals surface area contributed by atoms with Crippen LogP contribution in [0, 0.1) is 11.6 Å². The van der Waals surface area contributed by atoms with Crippen molar-refractivity contribution < 1.29 is 18.1 Å². The molecule has 3 N–H and O–H groups in total. The predicted octanol–water partition coefficient (Wildman–Crippen LogP) is 1.44. The van der Waals surface area contributed by atoms with Crippen LogP contribution in [0.25, 0.3) is 11.3 Å². The average Bonchev–Trinajstić information content (AvgIpc) is 3.21. The van der Waals surface area contributed by atoms with Gasteiger partial charge in [-0.15, -0.1) is 0 Å². The summed E-state index contributed by atoms with van der Waals surface area (Å²) in [6.07, 6.45) is 0. The van der Waals surface area contributed by atoms with Gasteiger partial charge in [0.25, 0.3) is 11.5 Å². The molecule has 8 nitrogen and oxygen atoms in total. The highest BCUT2D eigenvalue weighted by Gasteiger charge is 2.30. The Balaban J connectivity index is 1.62. The van der Waals surface area contributed by atoms with Crippen LogP contribution in [0.5, 0.6) is 0 Å². The number of H-pyrrole nitrogens is 1. The van der Waals surface area contributed by atoms with Crippen LogP contribution in [-0.2, 0) is 13.1 Å². The molecule has 1 aliphatic heterocycles. The molecule has 1 amide bonds. The number of nitrogen functional groups attached to an aromatic ring is 1. The monoisotopic (exact) mass is 359 g/mol. The zero-order chi connectivity index (χ0) is 18.4. The maximum atomic E-state index is 13.8. The summed E-state index contributed by atoms with van der Waals surface area (Å²) in [5.74, 6) is -2.48. The topological polar surface area (TPSA) is 118 Å². The standard InChI is InChI=1S/C16H11F2N5O3/c17-8-2-1-3-9(18)13(8)10-4-12(26-22-10)15(25)23-5-7-11(6-23)20-16(19)21-14(7)24/h1-4H,5-6H2,(H3,19,20,21,24). The summed E-state index contributed by atoms with van der Waals surface area (Å²) in [4.78, 5) is 32.1. The Morgan fingerprint density at radius 1 is 1.27 bits per heavy atom. The van der Waals surface area contributed by atoms with Crippen LogP contribution >= 0.6 is 0 Å². The van der Waals surface area contributed by atoms with Crippen LogP contribution in [0.1, 0.15) is 21.8 Å². The van der Waals surface area contributed by atoms with Crippen LogP contribution in [0.15, 0.2) is 33.6 Å². The summed E-state index contributed by atoms with van der Waals surface area (Å²) in [6, 6.07) is 4.53. The van der Waals surface area contributed by atoms with Gasteiger partial charge >= 0.3 is 0 Å². The third-order valence-corrected chi connectivity index (χ3v) is 4.04. The summed E-state index contributed by atoms with van der Waals surface area (Å²) in [7, 11) is 0. The van der Waals surface area contributed by atoms with E-state index in [9.17, 15) is 18.4 Å². The van der Waals surface area contributed by atoms with E-state index >= 15 is 0 Å². The molecule has 3 aromatic rings. The van der Waals surface area contributed by atoms with Gasteiger partial charge in [0.15, 0.2) is 0 Å². The lowest BCUT2D eigenvalue weighted by molar-refractivity contribution is 0.0708. The first kappa shape index (κ1) is 15.9. The molecule has 1 aliphatic rings. The third-order valence-electron chi connectivity index (χ3n) is 4.04. The Kier molecular flexibility index (Phi) is 3.53. The van der Waals surface area contributed by atoms with Gasteiger partial charge in [0.2, 0.25) is 11.7 Å². The number of benzene rings is 1. The zero-order valence-corrected chi connectivity index (χ0v) is 13.1. The van der Waals surface area contributed by atoms with Crippen molar-refractivity contribution in [2.75, 3.05) is 5.73 Å². The molecule has 132 valence electrons. The van der Waals surface area contributed by atoms with Crippen LogP contribution in [0.2, 0.25) is 0 Å². The molecule has 26 heavy (non-hydrogen) atoms. The minimum absolute atomic E-state index is 0.0148. The van der Waals surface area contributed by atoms with Crippen LogP contribution < -0.4 is 11.3 Å². The molecule has 1 aromatic carbocycles. The van der Waals surface area contributed by atoms with E-state index in [1.54, 1.807) is 0 Å². The highest BCUT2D eigenvalue weighted by Crippen LogP contribution is 2.27. The Morgan fingerprint density at radius 2 is 2.00 bits per heavy atom. The van der Waals surface area contributed by atoms with E-state index in [-0.39, 0.29) is 36.1 Å². The molecule has 0 spiro atoms. The van der Waals surface area contributed by atoms with Crippen molar-refractivity contribution in [3.63, 3.8) is 0 Å². The van der Waals surface area contributed by atoms with Crippen LogP contribution in [0.3, 0.4) is 0 Å². The fourth-order valence-electron chi connectivity index (χ4n) is 2.82. The molecule has 0 fully saturated rings. The van der Waals surface area contributed by atoms with E-state index < -0.39 is 23.1 Å². The lowest BCUT2D eigenvalue weighted by Crippen LogP contribution is -2.25. The molecule has 0 saturated carbocycles. The molecule has 10 heteroatoms. The van der Waals surface area contributed by atoms with Gasteiger partial charge in [0, 0.05) is 6.07 Å². The first-order valence-electron chi connectivity index (χ1n) is 7.52. The summed E-state index contributed by atoms with van der Waals surface area (Å²) in [6.45, 7) is 0.0766. The maximum absolute atomic E-state index is 13.8. The minimum atomic E-state index is -0.822. The Labute approximate surface area is 144 Å². The molecule has 4 rings (SSSR count). The lowest BCUT2D eigenvalue weighted by atomic mass is 10.1. The quantitative estimate of drug-likeness (QED) is 0.715. The number of halogens is 2. The van der Waals surface area contributed by atoms with Crippen molar-refractivity contribution in [2.45, 2.75) is 13.1 Å². The van der Waals surface area contributed by atoms with E-state index in [1.807, 2.05) is 0 Å². The number of carbonyl (C=O) groups excluding carboxylic acids is 1. The summed E-state index contributed by atoms with van der Waals surface area (Å²) in [5, 5.41) is 3.58. The van der Waals surface area contributed by atoms with Crippen molar-refractivity contribution in [3.05, 3.63) is 63.3 Å². The van der Waals surface area contributed by atoms with Crippen molar-refractivity contribution in [1.82, 2.24) is 20.0 Å². The second-order valence-corrected chi connectivity index (χ2v) is 5.71. The lowest BCUT2D eigenvalue weighted by Gasteiger charge is -2.11. The Bertz CT molecular complexity index is 1070. The highest BCUT2D eigenvalue weighted by molar-refractivity contribution is 5.92. The number of rotatable bonds is 2. The van der Waals surface area contributed by atoms with Gasteiger partial charge in [0.05, 0.1) is 29.9 Å². The predicted molar refractivity (Wildman–Crippen MR) is 84.7 cm³/mol. The minimum Gasteiger partial charge on any atom is -0.369 e. The number of nitrogens with zero attached hydrogens (tertiary/aromatic N) is 3. The fraction of sp³-hybridized carbons (Fsp3) is 0.125. The van der Waals surface area contributed by atoms with E-state index in [2.05, 4.69) is 15.1 Å². The number of fused-ring (bicyclic) bond motifs is 1. The summed E-state index contributed by atoms with van der Waals surface area (Å²) >= 11 is 0. The van der Waals surface area contributed by atoms with E-state index in [0.717, 1.165) is 18.2 Å². The van der Waals surface area contributed by atoms with Crippen molar-refractivity contribution in [3.8, 4) is 11.3 Å². The fourth-order valence-corrected chi connectivity index (χ4v) is 2.82. The van der Waals surface area contributed by atoms with Gasteiger partial charge in [-0.1, -0.05) is 11.2 Å². The zero-order valence-electron chi connectivity index (χ0n) is 13.1. The number of hydrogen-bond donors (Lipinski definition) is 2. The molecule has 0 aliphatic carbocycles. The molecule has 0 bridgehead atoms. The smallest absolute Gasteiger partial charge is 0.293 e. The second-order valence-electron chi connectivity index (χ2n) is 5.71. The van der Waals surface area contributed by atoms with E-state index in [1.165, 1.54) is 11.0 Å². The highest BCUT2D eigenvalue weighted by atomic mass is 19.1. The number of amides is 1. The van der Waals surface area contributed by atoms with Crippen molar-refractivity contribution >= 4 is 11.9 Å². The van der Waals surface area contributed by atoms with Gasteiger partial charge in [-0.3, -0.25) is 14.6 Å². The van der Waals surface area contributed by atoms with Crippen LogP contribution in [0.4, 0.5) is 14.7 Å². The van der Waals surface area contributed by atoms with Gasteiger partial charge in [-0.2, -0.15) is 0 Å². The number of aromatic nitrogens is 3. The second kappa shape index (κ2) is 5.76. The molecule has 2 aromatic heterocycles. The van der Waals surface area contributed by atoms with E-state index in [0.29, 0.717) is 11.3 Å². The SMILES string of the molecule is Nc1nc2c(c(=O)[nH]1)CN(C(=O)c1cc(-c3c(F)cccc3F)no1)C2.